The maximum Gasteiger partial charge on any atom is 0.261 e. The van der Waals surface area contributed by atoms with Crippen LogP contribution < -0.4 is 15.6 Å². The summed E-state index contributed by atoms with van der Waals surface area (Å²) in [4.78, 5) is 33.3. The number of hydrogen-bond donors (Lipinski definition) is 1. The highest BCUT2D eigenvalue weighted by Crippen LogP contribution is 2.28. The summed E-state index contributed by atoms with van der Waals surface area (Å²) < 4.78 is 20.2. The highest BCUT2D eigenvalue weighted by molar-refractivity contribution is 7.14. The molecule has 0 aliphatic heterocycles. The average molecular weight is 424 g/mol. The third-order valence-corrected chi connectivity index (χ3v) is 5.27. The molecule has 0 atom stereocenters. The molecular formula is C21H17FN4O3S. The minimum Gasteiger partial charge on any atom is -0.494 e. The Morgan fingerprint density at radius 1 is 1.27 bits per heavy atom. The van der Waals surface area contributed by atoms with E-state index in [-0.39, 0.29) is 30.2 Å². The molecule has 2 heterocycles. The molecule has 0 bridgehead atoms. The number of hydrogen-bond acceptors (Lipinski definition) is 6. The lowest BCUT2D eigenvalue weighted by Crippen LogP contribution is -2.23. The maximum absolute atomic E-state index is 13.9. The third-order valence-electron chi connectivity index (χ3n) is 4.51. The van der Waals surface area contributed by atoms with E-state index in [2.05, 4.69) is 15.3 Å². The second kappa shape index (κ2) is 8.42. The van der Waals surface area contributed by atoms with E-state index in [1.807, 2.05) is 6.07 Å². The van der Waals surface area contributed by atoms with Crippen LogP contribution in [0.1, 0.15) is 6.42 Å². The molecule has 0 saturated heterocycles. The summed E-state index contributed by atoms with van der Waals surface area (Å²) in [6, 6.07) is 11.6. The third kappa shape index (κ3) is 4.06. The largest absolute Gasteiger partial charge is 0.494 e. The van der Waals surface area contributed by atoms with Gasteiger partial charge in [-0.15, -0.1) is 11.3 Å². The smallest absolute Gasteiger partial charge is 0.261 e. The molecular weight excluding hydrogens is 407 g/mol. The summed E-state index contributed by atoms with van der Waals surface area (Å²) in [5, 5.41) is 5.35. The number of methoxy groups -OCH3 is 1. The lowest BCUT2D eigenvalue weighted by atomic mass is 10.1. The number of amides is 1. The average Bonchev–Trinajstić information content (AvgIpc) is 3.22. The van der Waals surface area contributed by atoms with Gasteiger partial charge >= 0.3 is 0 Å². The van der Waals surface area contributed by atoms with Crippen molar-refractivity contribution in [2.24, 2.45) is 0 Å². The first kappa shape index (κ1) is 19.7. The van der Waals surface area contributed by atoms with Crippen LogP contribution in [0.5, 0.6) is 5.75 Å². The van der Waals surface area contributed by atoms with E-state index in [1.54, 1.807) is 29.6 Å². The predicted molar refractivity (Wildman–Crippen MR) is 113 cm³/mol. The molecule has 0 spiro atoms. The van der Waals surface area contributed by atoms with Gasteiger partial charge in [-0.3, -0.25) is 14.2 Å². The maximum atomic E-state index is 13.9. The number of rotatable bonds is 6. The summed E-state index contributed by atoms with van der Waals surface area (Å²) in [5.74, 6) is -0.610. The Balaban J connectivity index is 1.41. The van der Waals surface area contributed by atoms with Crippen LogP contribution in [-0.2, 0) is 11.3 Å². The molecule has 1 amide bonds. The van der Waals surface area contributed by atoms with E-state index >= 15 is 0 Å². The predicted octanol–water partition coefficient (Wildman–Crippen LogP) is 3.70. The number of fused-ring (bicyclic) bond motifs is 1. The summed E-state index contributed by atoms with van der Waals surface area (Å²) in [6.45, 7) is 0.199. The molecule has 0 aliphatic rings. The minimum atomic E-state index is -0.483. The van der Waals surface area contributed by atoms with Crippen molar-refractivity contribution in [1.29, 1.82) is 0 Å². The van der Waals surface area contributed by atoms with Crippen molar-refractivity contribution in [3.05, 3.63) is 70.3 Å². The van der Waals surface area contributed by atoms with E-state index in [9.17, 15) is 14.0 Å². The summed E-state index contributed by atoms with van der Waals surface area (Å²) in [6.07, 6.45) is 1.53. The molecule has 9 heteroatoms. The number of ether oxygens (including phenoxy) is 1. The van der Waals surface area contributed by atoms with Crippen molar-refractivity contribution in [3.63, 3.8) is 0 Å². The number of benzene rings is 2. The number of anilines is 1. The lowest BCUT2D eigenvalue weighted by molar-refractivity contribution is -0.116. The first-order valence-electron chi connectivity index (χ1n) is 9.08. The zero-order valence-electron chi connectivity index (χ0n) is 16.0. The van der Waals surface area contributed by atoms with Gasteiger partial charge in [-0.25, -0.2) is 14.4 Å². The van der Waals surface area contributed by atoms with E-state index in [4.69, 9.17) is 4.74 Å². The summed E-state index contributed by atoms with van der Waals surface area (Å²) >= 11 is 1.24. The molecule has 2 aromatic heterocycles. The number of carbonyl (C=O) groups is 1. The Morgan fingerprint density at radius 3 is 2.90 bits per heavy atom. The number of carbonyl (C=O) groups excluding carboxylic acids is 1. The SMILES string of the molecule is COc1ccc(-c2csc(NC(=O)CCn3cnc4ccccc4c3=O)n2)cc1F. The molecule has 0 fully saturated rings. The molecule has 0 radical (unpaired) electrons. The van der Waals surface area contributed by atoms with Crippen LogP contribution in [0, 0.1) is 5.82 Å². The van der Waals surface area contributed by atoms with Gasteiger partial charge in [0, 0.05) is 23.9 Å². The highest BCUT2D eigenvalue weighted by atomic mass is 32.1. The van der Waals surface area contributed by atoms with Crippen molar-refractivity contribution in [2.45, 2.75) is 13.0 Å². The molecule has 30 heavy (non-hydrogen) atoms. The minimum absolute atomic E-state index is 0.0893. The number of aryl methyl sites for hydroxylation is 1. The van der Waals surface area contributed by atoms with Gasteiger partial charge in [0.25, 0.3) is 5.56 Å². The number of nitrogens with zero attached hydrogens (tertiary/aromatic N) is 3. The summed E-state index contributed by atoms with van der Waals surface area (Å²) in [7, 11) is 1.40. The van der Waals surface area contributed by atoms with Crippen LogP contribution >= 0.6 is 11.3 Å². The topological polar surface area (TPSA) is 86.1 Å². The summed E-state index contributed by atoms with van der Waals surface area (Å²) in [5.41, 5.74) is 1.56. The van der Waals surface area contributed by atoms with Crippen molar-refractivity contribution in [1.82, 2.24) is 14.5 Å². The van der Waals surface area contributed by atoms with Crippen LogP contribution in [-0.4, -0.2) is 27.6 Å². The van der Waals surface area contributed by atoms with Gasteiger partial charge in [0.2, 0.25) is 5.91 Å². The molecule has 2 aromatic carbocycles. The zero-order chi connectivity index (χ0) is 21.1. The number of thiazole rings is 1. The number of nitrogens with one attached hydrogen (secondary N) is 1. The van der Waals surface area contributed by atoms with Gasteiger partial charge in [-0.2, -0.15) is 0 Å². The molecule has 4 rings (SSSR count). The molecule has 1 N–H and O–H groups in total. The van der Waals surface area contributed by atoms with E-state index in [0.717, 1.165) is 0 Å². The van der Waals surface area contributed by atoms with Gasteiger partial charge in [0.05, 0.1) is 30.0 Å². The first-order chi connectivity index (χ1) is 14.5. The van der Waals surface area contributed by atoms with Crippen molar-refractivity contribution in [2.75, 3.05) is 12.4 Å². The molecule has 0 aliphatic carbocycles. The van der Waals surface area contributed by atoms with Gasteiger partial charge in [-0.1, -0.05) is 12.1 Å². The van der Waals surface area contributed by atoms with E-state index < -0.39 is 5.82 Å². The lowest BCUT2D eigenvalue weighted by Gasteiger charge is -2.06. The second-order valence-corrected chi connectivity index (χ2v) is 7.30. The standard InChI is InChI=1S/C21H17FN4O3S/c1-29-18-7-6-13(10-15(18)22)17-11-30-21(24-17)25-19(27)8-9-26-12-23-16-5-3-2-4-14(16)20(26)28/h2-7,10-12H,8-9H2,1H3,(H,24,25,27). The van der Waals surface area contributed by atoms with Crippen LogP contribution in [0.2, 0.25) is 0 Å². The Morgan fingerprint density at radius 2 is 2.10 bits per heavy atom. The van der Waals surface area contributed by atoms with Gasteiger partial charge in [0.1, 0.15) is 0 Å². The fourth-order valence-corrected chi connectivity index (χ4v) is 3.69. The van der Waals surface area contributed by atoms with E-state index in [0.29, 0.717) is 27.3 Å². The van der Waals surface area contributed by atoms with Crippen LogP contribution in [0.3, 0.4) is 0 Å². The second-order valence-electron chi connectivity index (χ2n) is 6.45. The molecule has 7 nitrogen and oxygen atoms in total. The number of halogens is 1. The fourth-order valence-electron chi connectivity index (χ4n) is 2.96. The zero-order valence-corrected chi connectivity index (χ0v) is 16.8. The Labute approximate surface area is 174 Å². The molecule has 4 aromatic rings. The first-order valence-corrected chi connectivity index (χ1v) is 9.96. The van der Waals surface area contributed by atoms with Crippen molar-refractivity contribution >= 4 is 33.3 Å². The van der Waals surface area contributed by atoms with Crippen LogP contribution in [0.15, 0.2) is 59.0 Å². The van der Waals surface area contributed by atoms with Crippen LogP contribution in [0.4, 0.5) is 9.52 Å². The van der Waals surface area contributed by atoms with Gasteiger partial charge < -0.3 is 10.1 Å². The van der Waals surface area contributed by atoms with Crippen molar-refractivity contribution in [3.8, 4) is 17.0 Å². The molecule has 152 valence electrons. The Bertz CT molecular complexity index is 1280. The molecule has 0 unspecified atom stereocenters. The highest BCUT2D eigenvalue weighted by Gasteiger charge is 2.11. The number of para-hydroxylation sites is 1. The van der Waals surface area contributed by atoms with E-state index in [1.165, 1.54) is 41.5 Å². The fraction of sp³-hybridized carbons (Fsp3) is 0.143. The monoisotopic (exact) mass is 424 g/mol. The normalized spacial score (nSPS) is 10.9. The van der Waals surface area contributed by atoms with Crippen molar-refractivity contribution < 1.29 is 13.9 Å². The number of aromatic nitrogens is 3. The van der Waals surface area contributed by atoms with Gasteiger partial charge in [0.15, 0.2) is 16.7 Å². The quantitative estimate of drug-likeness (QED) is 0.510. The van der Waals surface area contributed by atoms with Gasteiger partial charge in [-0.05, 0) is 30.3 Å². The van der Waals surface area contributed by atoms with Crippen LogP contribution in [0.25, 0.3) is 22.2 Å². The molecule has 0 saturated carbocycles. The Hall–Kier alpha value is -3.59. The Kier molecular flexibility index (Phi) is 5.53.